The largest absolute Gasteiger partial charge is 0.481 e. The monoisotopic (exact) mass is 404 g/mol. The number of carbonyl (C=O) groups is 2. The van der Waals surface area contributed by atoms with Crippen LogP contribution < -0.4 is 0 Å². The number of carboxylic acid groups (broad SMARTS) is 2. The normalized spacial score (nSPS) is 44.0. The van der Waals surface area contributed by atoms with Gasteiger partial charge < -0.3 is 10.2 Å². The van der Waals surface area contributed by atoms with E-state index in [0.29, 0.717) is 16.7 Å². The summed E-state index contributed by atoms with van der Waals surface area (Å²) in [5.74, 6) is 0.636. The molecule has 4 nitrogen and oxygen atoms in total. The average molecular weight is 405 g/mol. The maximum atomic E-state index is 11.2. The summed E-state index contributed by atoms with van der Waals surface area (Å²) in [5.41, 5.74) is 0.970. The molecule has 4 aliphatic carbocycles. The number of hydrogen-bond acceptors (Lipinski definition) is 2. The van der Waals surface area contributed by atoms with Crippen LogP contribution in [0.5, 0.6) is 0 Å². The van der Waals surface area contributed by atoms with Gasteiger partial charge in [0.1, 0.15) is 0 Å². The van der Waals surface area contributed by atoms with Crippen LogP contribution in [0.1, 0.15) is 97.3 Å². The molecule has 0 aromatic rings. The summed E-state index contributed by atoms with van der Waals surface area (Å²) in [6, 6.07) is 0. The van der Waals surface area contributed by atoms with E-state index in [1.54, 1.807) is 0 Å². The van der Waals surface area contributed by atoms with E-state index >= 15 is 0 Å². The fourth-order valence-electron chi connectivity index (χ4n) is 8.80. The van der Waals surface area contributed by atoms with Gasteiger partial charge in [0.2, 0.25) is 0 Å². The van der Waals surface area contributed by atoms with Gasteiger partial charge in [0.15, 0.2) is 5.92 Å². The van der Waals surface area contributed by atoms with E-state index in [9.17, 15) is 9.59 Å². The van der Waals surface area contributed by atoms with Gasteiger partial charge in [-0.15, -0.1) is 0 Å². The topological polar surface area (TPSA) is 74.6 Å². The minimum Gasteiger partial charge on any atom is -0.481 e. The van der Waals surface area contributed by atoms with E-state index in [1.807, 2.05) is 0 Å². The first-order valence-electron chi connectivity index (χ1n) is 12.2. The third-order valence-electron chi connectivity index (χ3n) is 10.4. The molecule has 4 aliphatic rings. The van der Waals surface area contributed by atoms with Crippen molar-refractivity contribution in [2.45, 2.75) is 97.3 Å². The third kappa shape index (κ3) is 3.53. The molecule has 4 saturated carbocycles. The number of rotatable bonds is 6. The Morgan fingerprint density at radius 1 is 0.862 bits per heavy atom. The second-order valence-corrected chi connectivity index (χ2v) is 11.4. The highest BCUT2D eigenvalue weighted by Gasteiger charge is 2.59. The standard InChI is InChI=1S/C25H40O4/c1-24-14-4-3-6-16(24)9-11-18-20-12-10-17(25(20,2)15-13-21(18)24)7-5-8-19(22(26)27)23(28)29/h16-21H,3-15H2,1-2H3,(H,26,27)(H,28,29). The van der Waals surface area contributed by atoms with Crippen LogP contribution in [0.2, 0.25) is 0 Å². The van der Waals surface area contributed by atoms with Gasteiger partial charge in [-0.3, -0.25) is 9.59 Å². The van der Waals surface area contributed by atoms with Crippen molar-refractivity contribution in [3.63, 3.8) is 0 Å². The number of fused-ring (bicyclic) bond motifs is 5. The predicted molar refractivity (Wildman–Crippen MR) is 112 cm³/mol. The third-order valence-corrected chi connectivity index (χ3v) is 10.4. The molecule has 7 atom stereocenters. The highest BCUT2D eigenvalue weighted by molar-refractivity contribution is 5.92. The molecule has 0 aromatic heterocycles. The highest BCUT2D eigenvalue weighted by Crippen LogP contribution is 2.67. The Balaban J connectivity index is 1.41. The zero-order valence-electron chi connectivity index (χ0n) is 18.4. The molecule has 164 valence electrons. The fraction of sp³-hybridized carbons (Fsp3) is 0.920. The molecule has 0 heterocycles. The van der Waals surface area contributed by atoms with Gasteiger partial charge in [0.25, 0.3) is 0 Å². The molecule has 2 N–H and O–H groups in total. The molecule has 4 heteroatoms. The van der Waals surface area contributed by atoms with Crippen molar-refractivity contribution in [2.75, 3.05) is 0 Å². The zero-order chi connectivity index (χ0) is 20.8. The van der Waals surface area contributed by atoms with E-state index in [1.165, 1.54) is 64.2 Å². The van der Waals surface area contributed by atoms with Gasteiger partial charge in [-0.1, -0.05) is 33.1 Å². The number of carboxylic acids is 2. The fourth-order valence-corrected chi connectivity index (χ4v) is 8.80. The second kappa shape index (κ2) is 7.89. The Morgan fingerprint density at radius 3 is 2.31 bits per heavy atom. The molecule has 0 radical (unpaired) electrons. The molecule has 0 amide bonds. The van der Waals surface area contributed by atoms with Crippen molar-refractivity contribution in [1.82, 2.24) is 0 Å². The molecule has 0 saturated heterocycles. The van der Waals surface area contributed by atoms with Crippen molar-refractivity contribution in [3.8, 4) is 0 Å². The van der Waals surface area contributed by atoms with E-state index in [-0.39, 0.29) is 6.42 Å². The second-order valence-electron chi connectivity index (χ2n) is 11.4. The van der Waals surface area contributed by atoms with Crippen LogP contribution in [-0.4, -0.2) is 22.2 Å². The Morgan fingerprint density at radius 2 is 1.59 bits per heavy atom. The maximum absolute atomic E-state index is 11.2. The molecular formula is C25H40O4. The molecule has 4 fully saturated rings. The Hall–Kier alpha value is -1.06. The molecule has 0 aromatic carbocycles. The van der Waals surface area contributed by atoms with Gasteiger partial charge in [-0.25, -0.2) is 0 Å². The number of aliphatic carboxylic acids is 2. The summed E-state index contributed by atoms with van der Waals surface area (Å²) >= 11 is 0. The predicted octanol–water partition coefficient (Wildman–Crippen LogP) is 5.99. The van der Waals surface area contributed by atoms with Crippen LogP contribution in [0.3, 0.4) is 0 Å². The zero-order valence-corrected chi connectivity index (χ0v) is 18.4. The van der Waals surface area contributed by atoms with Gasteiger partial charge in [-0.05, 0) is 105 Å². The van der Waals surface area contributed by atoms with Crippen LogP contribution in [-0.2, 0) is 9.59 Å². The lowest BCUT2D eigenvalue weighted by atomic mass is 9.45. The van der Waals surface area contributed by atoms with Crippen LogP contribution in [0.15, 0.2) is 0 Å². The molecule has 0 aliphatic heterocycles. The van der Waals surface area contributed by atoms with Crippen molar-refractivity contribution < 1.29 is 19.8 Å². The van der Waals surface area contributed by atoms with Crippen molar-refractivity contribution >= 4 is 11.9 Å². The van der Waals surface area contributed by atoms with Gasteiger partial charge in [0.05, 0.1) is 0 Å². The van der Waals surface area contributed by atoms with Crippen LogP contribution >= 0.6 is 0 Å². The summed E-state index contributed by atoms with van der Waals surface area (Å²) in [6.07, 6.45) is 15.9. The van der Waals surface area contributed by atoms with Crippen LogP contribution in [0.4, 0.5) is 0 Å². The summed E-state index contributed by atoms with van der Waals surface area (Å²) < 4.78 is 0. The minimum absolute atomic E-state index is 0.272. The molecule has 4 rings (SSSR count). The van der Waals surface area contributed by atoms with Gasteiger partial charge in [0, 0.05) is 0 Å². The maximum Gasteiger partial charge on any atom is 0.317 e. The lowest BCUT2D eigenvalue weighted by molar-refractivity contribution is -0.154. The minimum atomic E-state index is -1.24. The van der Waals surface area contributed by atoms with Crippen LogP contribution in [0, 0.1) is 46.3 Å². The molecule has 7 unspecified atom stereocenters. The first-order valence-corrected chi connectivity index (χ1v) is 12.2. The van der Waals surface area contributed by atoms with E-state index in [0.717, 1.165) is 36.5 Å². The Kier molecular flexibility index (Phi) is 5.76. The van der Waals surface area contributed by atoms with Gasteiger partial charge in [-0.2, -0.15) is 0 Å². The van der Waals surface area contributed by atoms with E-state index < -0.39 is 17.9 Å². The molecular weight excluding hydrogens is 364 g/mol. The summed E-state index contributed by atoms with van der Waals surface area (Å²) in [5, 5.41) is 18.3. The summed E-state index contributed by atoms with van der Waals surface area (Å²) in [4.78, 5) is 22.4. The van der Waals surface area contributed by atoms with Crippen molar-refractivity contribution in [1.29, 1.82) is 0 Å². The Labute approximate surface area is 175 Å². The molecule has 0 bridgehead atoms. The summed E-state index contributed by atoms with van der Waals surface area (Å²) in [6.45, 7) is 5.15. The Bertz CT molecular complexity index is 631. The first-order chi connectivity index (χ1) is 13.8. The molecule has 29 heavy (non-hydrogen) atoms. The van der Waals surface area contributed by atoms with Crippen LogP contribution in [0.25, 0.3) is 0 Å². The highest BCUT2D eigenvalue weighted by atomic mass is 16.4. The number of hydrogen-bond donors (Lipinski definition) is 2. The molecule has 0 spiro atoms. The lowest BCUT2D eigenvalue weighted by Gasteiger charge is -2.60. The lowest BCUT2D eigenvalue weighted by Crippen LogP contribution is -2.52. The van der Waals surface area contributed by atoms with Crippen molar-refractivity contribution in [3.05, 3.63) is 0 Å². The SMILES string of the molecule is CC12CCCCC1CCC1C2CCC2(C)C(CCCC(C(=O)O)C(=O)O)CCC12. The summed E-state index contributed by atoms with van der Waals surface area (Å²) in [7, 11) is 0. The van der Waals surface area contributed by atoms with E-state index in [4.69, 9.17) is 10.2 Å². The first kappa shape index (κ1) is 21.2. The average Bonchev–Trinajstić information content (AvgIpc) is 3.00. The quantitative estimate of drug-likeness (QED) is 0.533. The van der Waals surface area contributed by atoms with Gasteiger partial charge >= 0.3 is 11.9 Å². The van der Waals surface area contributed by atoms with E-state index in [2.05, 4.69) is 13.8 Å². The van der Waals surface area contributed by atoms with Crippen molar-refractivity contribution in [2.24, 2.45) is 46.3 Å². The smallest absolute Gasteiger partial charge is 0.317 e.